The quantitative estimate of drug-likeness (QED) is 0.733. The van der Waals surface area contributed by atoms with Crippen LogP contribution >= 0.6 is 11.3 Å². The number of rotatable bonds is 9. The summed E-state index contributed by atoms with van der Waals surface area (Å²) in [7, 11) is 0. The van der Waals surface area contributed by atoms with Crippen molar-refractivity contribution in [2.75, 3.05) is 6.54 Å². The Bertz CT molecular complexity index is 482. The first-order valence-corrected chi connectivity index (χ1v) is 8.44. The third kappa shape index (κ3) is 5.50. The molecule has 0 saturated carbocycles. The van der Waals surface area contributed by atoms with Gasteiger partial charge in [-0.1, -0.05) is 33.6 Å². The maximum absolute atomic E-state index is 12.2. The van der Waals surface area contributed by atoms with Gasteiger partial charge in [-0.25, -0.2) is 0 Å². The van der Waals surface area contributed by atoms with E-state index in [1.54, 1.807) is 11.3 Å². The highest BCUT2D eigenvalue weighted by atomic mass is 32.1. The fourth-order valence-corrected chi connectivity index (χ4v) is 3.52. The van der Waals surface area contributed by atoms with E-state index in [0.717, 1.165) is 30.6 Å². The Balaban J connectivity index is 2.64. The first-order valence-electron chi connectivity index (χ1n) is 7.63. The van der Waals surface area contributed by atoms with Crippen LogP contribution in [0.2, 0.25) is 0 Å². The minimum absolute atomic E-state index is 0.00725. The summed E-state index contributed by atoms with van der Waals surface area (Å²) in [6.45, 7) is 6.60. The molecule has 0 aliphatic heterocycles. The number of carboxylic acids is 1. The Hall–Kier alpha value is -1.36. The van der Waals surface area contributed by atoms with Crippen LogP contribution in [0.4, 0.5) is 0 Å². The van der Waals surface area contributed by atoms with Gasteiger partial charge in [0.1, 0.15) is 0 Å². The lowest BCUT2D eigenvalue weighted by Gasteiger charge is -2.12. The van der Waals surface area contributed by atoms with Crippen molar-refractivity contribution in [3.63, 3.8) is 0 Å². The van der Waals surface area contributed by atoms with Gasteiger partial charge in [-0.2, -0.15) is 0 Å². The Labute approximate surface area is 130 Å². The molecular weight excluding hydrogens is 286 g/mol. The number of thiophene rings is 1. The molecule has 1 rings (SSSR count). The van der Waals surface area contributed by atoms with Gasteiger partial charge in [0.15, 0.2) is 0 Å². The smallest absolute Gasteiger partial charge is 0.303 e. The van der Waals surface area contributed by atoms with E-state index in [-0.39, 0.29) is 18.2 Å². The van der Waals surface area contributed by atoms with Gasteiger partial charge in [-0.05, 0) is 30.4 Å². The topological polar surface area (TPSA) is 66.4 Å². The molecule has 1 aromatic rings. The van der Waals surface area contributed by atoms with Crippen LogP contribution in [0.5, 0.6) is 0 Å². The fraction of sp³-hybridized carbons (Fsp3) is 0.625. The standard InChI is InChI=1S/C16H25NO3S/c1-4-7-13-12(6-3)9-14(21-13)16(20)17-10-11(5-2)8-15(18)19/h9,11H,4-8,10H2,1-3H3,(H,17,20)(H,18,19). The molecule has 0 aromatic carbocycles. The van der Waals surface area contributed by atoms with Crippen molar-refractivity contribution < 1.29 is 14.7 Å². The molecule has 0 aliphatic carbocycles. The Kier molecular flexibility index (Phi) is 7.43. The number of hydrogen-bond acceptors (Lipinski definition) is 3. The summed E-state index contributed by atoms with van der Waals surface area (Å²) >= 11 is 1.56. The van der Waals surface area contributed by atoms with Crippen LogP contribution in [0.25, 0.3) is 0 Å². The fourth-order valence-electron chi connectivity index (χ4n) is 2.25. The average Bonchev–Trinajstić information content (AvgIpc) is 2.86. The van der Waals surface area contributed by atoms with E-state index >= 15 is 0 Å². The van der Waals surface area contributed by atoms with E-state index < -0.39 is 5.97 Å². The minimum Gasteiger partial charge on any atom is -0.481 e. The molecule has 0 bridgehead atoms. The zero-order chi connectivity index (χ0) is 15.8. The van der Waals surface area contributed by atoms with Crippen molar-refractivity contribution in [1.82, 2.24) is 5.32 Å². The van der Waals surface area contributed by atoms with Gasteiger partial charge in [-0.3, -0.25) is 9.59 Å². The van der Waals surface area contributed by atoms with Crippen molar-refractivity contribution in [3.8, 4) is 0 Å². The zero-order valence-corrected chi connectivity index (χ0v) is 13.9. The first kappa shape index (κ1) is 17.7. The van der Waals surface area contributed by atoms with Crippen molar-refractivity contribution in [3.05, 3.63) is 21.4 Å². The van der Waals surface area contributed by atoms with Gasteiger partial charge in [-0.15, -0.1) is 11.3 Å². The maximum atomic E-state index is 12.2. The van der Waals surface area contributed by atoms with Gasteiger partial charge in [0, 0.05) is 17.8 Å². The Morgan fingerprint density at radius 2 is 2.05 bits per heavy atom. The summed E-state index contributed by atoms with van der Waals surface area (Å²) in [6, 6.07) is 1.98. The van der Waals surface area contributed by atoms with Crippen molar-refractivity contribution in [2.45, 2.75) is 52.9 Å². The average molecular weight is 311 g/mol. The van der Waals surface area contributed by atoms with Gasteiger partial charge >= 0.3 is 5.97 Å². The zero-order valence-electron chi connectivity index (χ0n) is 13.1. The summed E-state index contributed by atoms with van der Waals surface area (Å²) in [5.41, 5.74) is 1.25. The van der Waals surface area contributed by atoms with Gasteiger partial charge in [0.2, 0.25) is 0 Å². The van der Waals surface area contributed by atoms with E-state index in [2.05, 4.69) is 19.2 Å². The van der Waals surface area contributed by atoms with Crippen molar-refractivity contribution >= 4 is 23.2 Å². The molecule has 1 atom stereocenters. The van der Waals surface area contributed by atoms with Gasteiger partial charge < -0.3 is 10.4 Å². The highest BCUT2D eigenvalue weighted by Crippen LogP contribution is 2.24. The lowest BCUT2D eigenvalue weighted by molar-refractivity contribution is -0.138. The van der Waals surface area contributed by atoms with Crippen LogP contribution in [0.15, 0.2) is 6.07 Å². The van der Waals surface area contributed by atoms with Crippen molar-refractivity contribution in [1.29, 1.82) is 0 Å². The number of nitrogens with one attached hydrogen (secondary N) is 1. The SMILES string of the molecule is CCCc1sc(C(=O)NCC(CC)CC(=O)O)cc1CC. The number of aliphatic carboxylic acids is 1. The molecular formula is C16H25NO3S. The van der Waals surface area contributed by atoms with E-state index in [4.69, 9.17) is 5.11 Å². The molecule has 0 aliphatic rings. The molecule has 0 saturated heterocycles. The third-order valence-electron chi connectivity index (χ3n) is 3.57. The summed E-state index contributed by atoms with van der Waals surface area (Å²) in [5, 5.41) is 11.7. The third-order valence-corrected chi connectivity index (χ3v) is 4.81. The number of carbonyl (C=O) groups excluding carboxylic acids is 1. The first-order chi connectivity index (χ1) is 10.0. The number of hydrogen-bond donors (Lipinski definition) is 2. The van der Waals surface area contributed by atoms with Crippen molar-refractivity contribution in [2.24, 2.45) is 5.92 Å². The number of amides is 1. The predicted molar refractivity (Wildman–Crippen MR) is 86.1 cm³/mol. The van der Waals surface area contributed by atoms with Gasteiger partial charge in [0.25, 0.3) is 5.91 Å². The molecule has 1 heterocycles. The number of carboxylic acid groups (broad SMARTS) is 1. The molecule has 0 fully saturated rings. The molecule has 21 heavy (non-hydrogen) atoms. The second kappa shape index (κ2) is 8.82. The predicted octanol–water partition coefficient (Wildman–Crippen LogP) is 3.49. The van der Waals surface area contributed by atoms with Crippen LogP contribution in [-0.4, -0.2) is 23.5 Å². The highest BCUT2D eigenvalue weighted by molar-refractivity contribution is 7.14. The molecule has 1 aromatic heterocycles. The summed E-state index contributed by atoms with van der Waals surface area (Å²) < 4.78 is 0. The summed E-state index contributed by atoms with van der Waals surface area (Å²) in [4.78, 5) is 25.0. The van der Waals surface area contributed by atoms with Crippen LogP contribution in [0.3, 0.4) is 0 Å². The van der Waals surface area contributed by atoms with E-state index in [9.17, 15) is 9.59 Å². The largest absolute Gasteiger partial charge is 0.481 e. The molecule has 118 valence electrons. The molecule has 2 N–H and O–H groups in total. The second-order valence-electron chi connectivity index (χ2n) is 5.24. The molecule has 5 heteroatoms. The molecule has 0 radical (unpaired) electrons. The van der Waals surface area contributed by atoms with Crippen LogP contribution in [0, 0.1) is 5.92 Å². The summed E-state index contributed by atoms with van der Waals surface area (Å²) in [6.07, 6.45) is 3.87. The molecule has 0 spiro atoms. The van der Waals surface area contributed by atoms with Crippen LogP contribution in [-0.2, 0) is 17.6 Å². The highest BCUT2D eigenvalue weighted by Gasteiger charge is 2.16. The van der Waals surface area contributed by atoms with Gasteiger partial charge in [0.05, 0.1) is 4.88 Å². The Morgan fingerprint density at radius 3 is 2.57 bits per heavy atom. The normalized spacial score (nSPS) is 12.1. The van der Waals surface area contributed by atoms with E-state index in [0.29, 0.717) is 6.54 Å². The number of carbonyl (C=O) groups is 2. The van der Waals surface area contributed by atoms with Crippen LogP contribution in [0.1, 0.15) is 60.1 Å². The monoisotopic (exact) mass is 311 g/mol. The lowest BCUT2D eigenvalue weighted by Crippen LogP contribution is -2.29. The minimum atomic E-state index is -0.814. The second-order valence-corrected chi connectivity index (χ2v) is 6.38. The lowest BCUT2D eigenvalue weighted by atomic mass is 10.0. The Morgan fingerprint density at radius 1 is 1.33 bits per heavy atom. The number of aryl methyl sites for hydroxylation is 2. The maximum Gasteiger partial charge on any atom is 0.303 e. The summed E-state index contributed by atoms with van der Waals surface area (Å²) in [5.74, 6) is -0.904. The van der Waals surface area contributed by atoms with E-state index in [1.807, 2.05) is 13.0 Å². The molecule has 4 nitrogen and oxygen atoms in total. The van der Waals surface area contributed by atoms with E-state index in [1.165, 1.54) is 10.4 Å². The molecule has 1 unspecified atom stereocenters. The molecule has 1 amide bonds. The van der Waals surface area contributed by atoms with Crippen LogP contribution < -0.4 is 5.32 Å².